The Labute approximate surface area is 82.1 Å². The summed E-state index contributed by atoms with van der Waals surface area (Å²) in [5.41, 5.74) is 0.373. The first-order valence-electron chi connectivity index (χ1n) is 3.56. The van der Waals surface area contributed by atoms with Gasteiger partial charge in [-0.15, -0.1) is 0 Å². The fourth-order valence-corrected chi connectivity index (χ4v) is 1.50. The molecule has 1 heterocycles. The number of rotatable bonds is 2. The van der Waals surface area contributed by atoms with Crippen molar-refractivity contribution in [3.8, 4) is 0 Å². The maximum absolute atomic E-state index is 12.9. The van der Waals surface area contributed by atoms with Crippen LogP contribution in [-0.2, 0) is 5.33 Å². The molecule has 1 rings (SSSR count). The number of aryl methyl sites for hydroxylation is 1. The molecule has 0 N–H and O–H groups in total. The maximum Gasteiger partial charge on any atom is 0.268 e. The van der Waals surface area contributed by atoms with Crippen molar-refractivity contribution in [2.75, 3.05) is 0 Å². The Kier molecular flexibility index (Phi) is 3.30. The van der Waals surface area contributed by atoms with E-state index in [1.807, 2.05) is 0 Å². The summed E-state index contributed by atoms with van der Waals surface area (Å²) >= 11 is 3.09. The molecule has 0 aliphatic heterocycles. The predicted octanol–water partition coefficient (Wildman–Crippen LogP) is 3.36. The molecule has 72 valence electrons. The minimum absolute atomic E-state index is 0.360. The molecule has 13 heavy (non-hydrogen) atoms. The average Bonchev–Trinajstić information content (AvgIpc) is 2.07. The lowest BCUT2D eigenvalue weighted by Crippen LogP contribution is -2.00. The SMILES string of the molecule is Cc1cc(C(F)F)c(F)nc1CBr. The Morgan fingerprint density at radius 2 is 2.15 bits per heavy atom. The summed E-state index contributed by atoms with van der Waals surface area (Å²) in [5.74, 6) is -1.09. The first-order valence-corrected chi connectivity index (χ1v) is 4.68. The Bertz CT molecular complexity index is 315. The molecular formula is C8H7BrF3N. The van der Waals surface area contributed by atoms with Crippen molar-refractivity contribution >= 4 is 15.9 Å². The molecule has 0 aromatic carbocycles. The molecule has 5 heteroatoms. The van der Waals surface area contributed by atoms with Crippen LogP contribution in [0.2, 0.25) is 0 Å². The van der Waals surface area contributed by atoms with E-state index in [1.165, 1.54) is 0 Å². The molecule has 0 bridgehead atoms. The van der Waals surface area contributed by atoms with Crippen molar-refractivity contribution in [3.63, 3.8) is 0 Å². The van der Waals surface area contributed by atoms with Crippen LogP contribution >= 0.6 is 15.9 Å². The zero-order chi connectivity index (χ0) is 10.0. The van der Waals surface area contributed by atoms with Gasteiger partial charge in [-0.1, -0.05) is 15.9 Å². The van der Waals surface area contributed by atoms with Crippen LogP contribution in [-0.4, -0.2) is 4.98 Å². The largest absolute Gasteiger partial charge is 0.268 e. The minimum Gasteiger partial charge on any atom is -0.223 e. The third kappa shape index (κ3) is 2.21. The zero-order valence-corrected chi connectivity index (χ0v) is 8.41. The summed E-state index contributed by atoms with van der Waals surface area (Å²) < 4.78 is 37.2. The molecule has 0 fully saturated rings. The second-order valence-electron chi connectivity index (χ2n) is 2.57. The highest BCUT2D eigenvalue weighted by Gasteiger charge is 2.16. The molecule has 0 atom stereocenters. The quantitative estimate of drug-likeness (QED) is 0.582. The Hall–Kier alpha value is -0.580. The van der Waals surface area contributed by atoms with E-state index in [4.69, 9.17) is 0 Å². The normalized spacial score (nSPS) is 10.9. The fourth-order valence-electron chi connectivity index (χ4n) is 0.936. The van der Waals surface area contributed by atoms with Crippen molar-refractivity contribution in [2.45, 2.75) is 18.7 Å². The van der Waals surface area contributed by atoms with Crippen LogP contribution in [0.5, 0.6) is 0 Å². The smallest absolute Gasteiger partial charge is 0.223 e. The number of pyridine rings is 1. The lowest BCUT2D eigenvalue weighted by Gasteiger charge is -2.05. The predicted molar refractivity (Wildman–Crippen MR) is 46.5 cm³/mol. The summed E-state index contributed by atoms with van der Waals surface area (Å²) in [6, 6.07) is 1.13. The molecule has 0 amide bonds. The van der Waals surface area contributed by atoms with Gasteiger partial charge in [-0.2, -0.15) is 4.39 Å². The summed E-state index contributed by atoms with van der Waals surface area (Å²) in [6.07, 6.45) is -2.81. The van der Waals surface area contributed by atoms with Gasteiger partial charge in [-0.3, -0.25) is 0 Å². The van der Waals surface area contributed by atoms with Crippen LogP contribution in [0.25, 0.3) is 0 Å². The molecule has 0 unspecified atom stereocenters. The first kappa shape index (κ1) is 10.5. The second kappa shape index (κ2) is 4.09. The van der Waals surface area contributed by atoms with Crippen LogP contribution in [0.1, 0.15) is 23.2 Å². The van der Waals surface area contributed by atoms with E-state index in [0.29, 0.717) is 16.6 Å². The van der Waals surface area contributed by atoms with Gasteiger partial charge in [0.15, 0.2) is 0 Å². The van der Waals surface area contributed by atoms with E-state index in [1.54, 1.807) is 6.92 Å². The van der Waals surface area contributed by atoms with Crippen LogP contribution in [0.15, 0.2) is 6.07 Å². The molecule has 0 aliphatic carbocycles. The lowest BCUT2D eigenvalue weighted by molar-refractivity contribution is 0.145. The van der Waals surface area contributed by atoms with Gasteiger partial charge in [-0.25, -0.2) is 13.8 Å². The van der Waals surface area contributed by atoms with Gasteiger partial charge in [0, 0.05) is 5.33 Å². The molecule has 0 aliphatic rings. The average molecular weight is 254 g/mol. The van der Waals surface area contributed by atoms with Gasteiger partial charge in [0.2, 0.25) is 5.95 Å². The van der Waals surface area contributed by atoms with Crippen LogP contribution in [0.3, 0.4) is 0 Å². The highest BCUT2D eigenvalue weighted by atomic mass is 79.9. The molecule has 0 saturated carbocycles. The van der Waals surface area contributed by atoms with E-state index < -0.39 is 17.9 Å². The van der Waals surface area contributed by atoms with Crippen molar-refractivity contribution in [1.29, 1.82) is 0 Å². The highest BCUT2D eigenvalue weighted by molar-refractivity contribution is 9.08. The standard InChI is InChI=1S/C8H7BrF3N/c1-4-2-5(7(10)11)8(12)13-6(4)3-9/h2,7H,3H2,1H3. The van der Waals surface area contributed by atoms with Gasteiger partial charge in [0.05, 0.1) is 11.3 Å². The molecule has 1 nitrogen and oxygen atoms in total. The Morgan fingerprint density at radius 3 is 2.62 bits per heavy atom. The third-order valence-corrected chi connectivity index (χ3v) is 2.19. The third-order valence-electron chi connectivity index (χ3n) is 1.66. The van der Waals surface area contributed by atoms with Crippen LogP contribution in [0.4, 0.5) is 13.2 Å². The topological polar surface area (TPSA) is 12.9 Å². The van der Waals surface area contributed by atoms with Gasteiger partial charge in [0.25, 0.3) is 6.43 Å². The van der Waals surface area contributed by atoms with E-state index >= 15 is 0 Å². The molecule has 0 saturated heterocycles. The van der Waals surface area contributed by atoms with Crippen molar-refractivity contribution in [1.82, 2.24) is 4.98 Å². The highest BCUT2D eigenvalue weighted by Crippen LogP contribution is 2.23. The monoisotopic (exact) mass is 253 g/mol. The van der Waals surface area contributed by atoms with E-state index in [0.717, 1.165) is 6.07 Å². The van der Waals surface area contributed by atoms with Gasteiger partial charge in [-0.05, 0) is 18.6 Å². The first-order chi connectivity index (χ1) is 6.06. The lowest BCUT2D eigenvalue weighted by atomic mass is 10.1. The van der Waals surface area contributed by atoms with Crippen LogP contribution < -0.4 is 0 Å². The summed E-state index contributed by atoms with van der Waals surface area (Å²) in [4.78, 5) is 3.42. The summed E-state index contributed by atoms with van der Waals surface area (Å²) in [6.45, 7) is 1.62. The number of nitrogens with zero attached hydrogens (tertiary/aromatic N) is 1. The number of alkyl halides is 3. The van der Waals surface area contributed by atoms with Crippen molar-refractivity contribution in [3.05, 3.63) is 28.8 Å². The van der Waals surface area contributed by atoms with Gasteiger partial charge >= 0.3 is 0 Å². The van der Waals surface area contributed by atoms with Crippen molar-refractivity contribution in [2.24, 2.45) is 0 Å². The second-order valence-corrected chi connectivity index (χ2v) is 3.13. The minimum atomic E-state index is -2.81. The van der Waals surface area contributed by atoms with E-state index in [2.05, 4.69) is 20.9 Å². The van der Waals surface area contributed by atoms with E-state index in [9.17, 15) is 13.2 Å². The molecule has 0 radical (unpaired) electrons. The molecular weight excluding hydrogens is 247 g/mol. The zero-order valence-electron chi connectivity index (χ0n) is 6.82. The molecule has 0 spiro atoms. The van der Waals surface area contributed by atoms with Crippen molar-refractivity contribution < 1.29 is 13.2 Å². The van der Waals surface area contributed by atoms with Crippen LogP contribution in [0, 0.1) is 12.9 Å². The Balaban J connectivity index is 3.20. The molecule has 1 aromatic rings. The number of hydrogen-bond donors (Lipinski definition) is 0. The summed E-state index contributed by atoms with van der Waals surface area (Å²) in [5, 5.41) is 0.360. The van der Waals surface area contributed by atoms with Gasteiger partial charge < -0.3 is 0 Å². The van der Waals surface area contributed by atoms with E-state index in [-0.39, 0.29) is 0 Å². The summed E-state index contributed by atoms with van der Waals surface area (Å²) in [7, 11) is 0. The molecule has 1 aromatic heterocycles. The number of hydrogen-bond acceptors (Lipinski definition) is 1. The fraction of sp³-hybridized carbons (Fsp3) is 0.375. The Morgan fingerprint density at radius 1 is 1.54 bits per heavy atom. The number of halogens is 4. The number of aromatic nitrogens is 1. The maximum atomic E-state index is 12.9. The van der Waals surface area contributed by atoms with Gasteiger partial charge in [0.1, 0.15) is 0 Å².